The van der Waals surface area contributed by atoms with Crippen molar-refractivity contribution in [2.45, 2.75) is 27.2 Å². The van der Waals surface area contributed by atoms with Crippen molar-refractivity contribution in [2.24, 2.45) is 17.1 Å². The van der Waals surface area contributed by atoms with Crippen LogP contribution in [0.15, 0.2) is 18.2 Å². The molecule has 19 heavy (non-hydrogen) atoms. The second-order valence-electron chi connectivity index (χ2n) is 5.78. The summed E-state index contributed by atoms with van der Waals surface area (Å²) in [6.07, 6.45) is 0.547. The number of para-hydroxylation sites is 1. The molecule has 0 aromatic heterocycles. The van der Waals surface area contributed by atoms with Crippen molar-refractivity contribution in [2.75, 3.05) is 11.9 Å². The highest BCUT2D eigenvalue weighted by Gasteiger charge is 2.25. The first kappa shape index (κ1) is 15.6. The lowest BCUT2D eigenvalue weighted by Gasteiger charge is -2.24. The molecule has 0 aliphatic heterocycles. The Bertz CT molecular complexity index is 435. The first-order valence-electron chi connectivity index (χ1n) is 6.19. The molecule has 0 fully saturated rings. The van der Waals surface area contributed by atoms with Crippen LogP contribution in [0.4, 0.5) is 14.5 Å². The summed E-state index contributed by atoms with van der Waals surface area (Å²) < 4.78 is 26.9. The fourth-order valence-electron chi connectivity index (χ4n) is 1.86. The molecule has 0 spiro atoms. The Kier molecular flexibility index (Phi) is 5.00. The van der Waals surface area contributed by atoms with E-state index in [2.05, 4.69) is 5.32 Å². The molecule has 106 valence electrons. The lowest BCUT2D eigenvalue weighted by molar-refractivity contribution is -0.120. The normalized spacial score (nSPS) is 13.2. The van der Waals surface area contributed by atoms with Crippen molar-refractivity contribution >= 4 is 11.6 Å². The second kappa shape index (κ2) is 6.10. The van der Waals surface area contributed by atoms with Gasteiger partial charge in [0, 0.05) is 6.54 Å². The Labute approximate surface area is 112 Å². The zero-order valence-corrected chi connectivity index (χ0v) is 11.5. The number of benzene rings is 1. The fraction of sp³-hybridized carbons (Fsp3) is 0.500. The molecule has 1 rings (SSSR count). The van der Waals surface area contributed by atoms with Gasteiger partial charge in [-0.3, -0.25) is 4.79 Å². The van der Waals surface area contributed by atoms with E-state index in [0.29, 0.717) is 6.42 Å². The predicted octanol–water partition coefficient (Wildman–Crippen LogP) is 2.91. The lowest BCUT2D eigenvalue weighted by atomic mass is 9.84. The maximum Gasteiger partial charge on any atom is 0.228 e. The van der Waals surface area contributed by atoms with Crippen LogP contribution in [-0.2, 0) is 4.79 Å². The Morgan fingerprint density at radius 1 is 1.32 bits per heavy atom. The van der Waals surface area contributed by atoms with Crippen LogP contribution in [0.2, 0.25) is 0 Å². The van der Waals surface area contributed by atoms with Gasteiger partial charge in [-0.05, 0) is 24.0 Å². The van der Waals surface area contributed by atoms with Crippen molar-refractivity contribution in [3.8, 4) is 0 Å². The van der Waals surface area contributed by atoms with E-state index in [1.54, 1.807) is 0 Å². The number of carbonyl (C=O) groups excluding carboxylic acids is 1. The molecule has 1 aromatic carbocycles. The van der Waals surface area contributed by atoms with Crippen LogP contribution >= 0.6 is 0 Å². The zero-order valence-electron chi connectivity index (χ0n) is 11.5. The molecule has 3 N–H and O–H groups in total. The SMILES string of the molecule is CC(C)(C)CC(CN)C(=O)Nc1c(F)cccc1F. The number of nitrogens with two attached hydrogens (primary N) is 1. The number of hydrogen-bond donors (Lipinski definition) is 2. The first-order chi connectivity index (χ1) is 8.74. The predicted molar refractivity (Wildman–Crippen MR) is 71.6 cm³/mol. The minimum absolute atomic E-state index is 0.0881. The van der Waals surface area contributed by atoms with E-state index < -0.39 is 29.1 Å². The van der Waals surface area contributed by atoms with Crippen LogP contribution < -0.4 is 11.1 Å². The van der Waals surface area contributed by atoms with Crippen LogP contribution in [0.5, 0.6) is 0 Å². The molecule has 0 aliphatic rings. The molecule has 1 atom stereocenters. The van der Waals surface area contributed by atoms with Crippen LogP contribution in [0.1, 0.15) is 27.2 Å². The molecule has 1 aromatic rings. The van der Waals surface area contributed by atoms with Gasteiger partial charge in [0.15, 0.2) is 0 Å². The molecule has 5 heteroatoms. The van der Waals surface area contributed by atoms with Gasteiger partial charge in [-0.25, -0.2) is 8.78 Å². The Morgan fingerprint density at radius 3 is 2.26 bits per heavy atom. The van der Waals surface area contributed by atoms with Gasteiger partial charge < -0.3 is 11.1 Å². The van der Waals surface area contributed by atoms with Crippen molar-refractivity contribution < 1.29 is 13.6 Å². The van der Waals surface area contributed by atoms with E-state index in [4.69, 9.17) is 5.73 Å². The summed E-state index contributed by atoms with van der Waals surface area (Å²) in [5, 5.41) is 2.28. The van der Waals surface area contributed by atoms with Gasteiger partial charge >= 0.3 is 0 Å². The van der Waals surface area contributed by atoms with Gasteiger partial charge in [-0.15, -0.1) is 0 Å². The first-order valence-corrected chi connectivity index (χ1v) is 6.19. The Hall–Kier alpha value is -1.49. The quantitative estimate of drug-likeness (QED) is 0.883. The topological polar surface area (TPSA) is 55.1 Å². The molecular formula is C14H20F2N2O. The number of rotatable bonds is 4. The van der Waals surface area contributed by atoms with E-state index in [9.17, 15) is 13.6 Å². The summed E-state index contributed by atoms with van der Waals surface area (Å²) in [6.45, 7) is 6.07. The summed E-state index contributed by atoms with van der Waals surface area (Å²) in [7, 11) is 0. The van der Waals surface area contributed by atoms with Gasteiger partial charge in [-0.1, -0.05) is 26.8 Å². The van der Waals surface area contributed by atoms with E-state index in [-0.39, 0.29) is 12.0 Å². The molecule has 0 aliphatic carbocycles. The number of nitrogens with one attached hydrogen (secondary N) is 1. The van der Waals surface area contributed by atoms with Gasteiger partial charge in [0.05, 0.1) is 5.92 Å². The van der Waals surface area contributed by atoms with Gasteiger partial charge in [0.1, 0.15) is 17.3 Å². The largest absolute Gasteiger partial charge is 0.330 e. The van der Waals surface area contributed by atoms with Crippen molar-refractivity contribution in [3.63, 3.8) is 0 Å². The smallest absolute Gasteiger partial charge is 0.228 e. The Morgan fingerprint density at radius 2 is 1.84 bits per heavy atom. The van der Waals surface area contributed by atoms with Crippen LogP contribution in [-0.4, -0.2) is 12.5 Å². The molecule has 0 heterocycles. The third-order valence-electron chi connectivity index (χ3n) is 2.73. The molecule has 1 unspecified atom stereocenters. The standard InChI is InChI=1S/C14H20F2N2O/c1-14(2,3)7-9(8-17)13(19)18-12-10(15)5-4-6-11(12)16/h4-6,9H,7-8,17H2,1-3H3,(H,18,19). The Balaban J connectivity index is 2.83. The van der Waals surface area contributed by atoms with E-state index in [1.807, 2.05) is 20.8 Å². The van der Waals surface area contributed by atoms with E-state index in [1.165, 1.54) is 6.07 Å². The van der Waals surface area contributed by atoms with E-state index in [0.717, 1.165) is 12.1 Å². The fourth-order valence-corrected chi connectivity index (χ4v) is 1.86. The number of amides is 1. The average Bonchev–Trinajstić information content (AvgIpc) is 2.29. The number of anilines is 1. The zero-order chi connectivity index (χ0) is 14.6. The van der Waals surface area contributed by atoms with Gasteiger partial charge in [0.2, 0.25) is 5.91 Å². The molecule has 0 radical (unpaired) electrons. The van der Waals surface area contributed by atoms with E-state index >= 15 is 0 Å². The van der Waals surface area contributed by atoms with Gasteiger partial charge in [-0.2, -0.15) is 0 Å². The third-order valence-corrected chi connectivity index (χ3v) is 2.73. The number of hydrogen-bond acceptors (Lipinski definition) is 2. The molecular weight excluding hydrogens is 250 g/mol. The number of halogens is 2. The van der Waals surface area contributed by atoms with Crippen LogP contribution in [0.3, 0.4) is 0 Å². The summed E-state index contributed by atoms with van der Waals surface area (Å²) in [5.41, 5.74) is 5.06. The monoisotopic (exact) mass is 270 g/mol. The number of carbonyl (C=O) groups is 1. The van der Waals surface area contributed by atoms with Crippen LogP contribution in [0.25, 0.3) is 0 Å². The highest BCUT2D eigenvalue weighted by atomic mass is 19.1. The summed E-state index contributed by atoms with van der Waals surface area (Å²) in [6, 6.07) is 3.44. The minimum Gasteiger partial charge on any atom is -0.330 e. The lowest BCUT2D eigenvalue weighted by Crippen LogP contribution is -2.33. The average molecular weight is 270 g/mol. The summed E-state index contributed by atoms with van der Waals surface area (Å²) >= 11 is 0. The minimum atomic E-state index is -0.792. The maximum absolute atomic E-state index is 13.4. The van der Waals surface area contributed by atoms with Gasteiger partial charge in [0.25, 0.3) is 0 Å². The highest BCUT2D eigenvalue weighted by molar-refractivity contribution is 5.93. The molecule has 0 saturated carbocycles. The molecule has 3 nitrogen and oxygen atoms in total. The van der Waals surface area contributed by atoms with Crippen molar-refractivity contribution in [1.29, 1.82) is 0 Å². The molecule has 0 saturated heterocycles. The molecule has 1 amide bonds. The maximum atomic E-state index is 13.4. The summed E-state index contributed by atoms with van der Waals surface area (Å²) in [4.78, 5) is 12.0. The van der Waals surface area contributed by atoms with Crippen LogP contribution in [0, 0.1) is 23.0 Å². The van der Waals surface area contributed by atoms with Crippen molar-refractivity contribution in [1.82, 2.24) is 0 Å². The highest BCUT2D eigenvalue weighted by Crippen LogP contribution is 2.26. The second-order valence-corrected chi connectivity index (χ2v) is 5.78. The summed E-state index contributed by atoms with van der Waals surface area (Å²) in [5.74, 6) is -2.51. The van der Waals surface area contributed by atoms with Crippen molar-refractivity contribution in [3.05, 3.63) is 29.8 Å². The third kappa shape index (κ3) is 4.59. The molecule has 0 bridgehead atoms.